The van der Waals surface area contributed by atoms with Gasteiger partial charge in [0.1, 0.15) is 6.29 Å². The molecule has 1 saturated carbocycles. The van der Waals surface area contributed by atoms with Gasteiger partial charge in [0.25, 0.3) is 0 Å². The van der Waals surface area contributed by atoms with Crippen LogP contribution < -0.4 is 0 Å². The maximum absolute atomic E-state index is 10.6. The van der Waals surface area contributed by atoms with Gasteiger partial charge in [-0.15, -0.1) is 0 Å². The van der Waals surface area contributed by atoms with Gasteiger partial charge in [-0.05, 0) is 30.6 Å². The van der Waals surface area contributed by atoms with Crippen molar-refractivity contribution in [2.75, 3.05) is 0 Å². The van der Waals surface area contributed by atoms with Crippen LogP contribution >= 0.6 is 0 Å². The molecule has 1 rings (SSSR count). The van der Waals surface area contributed by atoms with Crippen molar-refractivity contribution in [1.82, 2.24) is 0 Å². The third kappa shape index (κ3) is 4.11. The van der Waals surface area contributed by atoms with E-state index in [0.29, 0.717) is 11.8 Å². The molecule has 0 saturated heterocycles. The Morgan fingerprint density at radius 2 is 1.62 bits per heavy atom. The molecule has 2 atom stereocenters. The van der Waals surface area contributed by atoms with Crippen LogP contribution in [0, 0.1) is 23.7 Å². The molecule has 1 aliphatic rings. The van der Waals surface area contributed by atoms with Crippen LogP contribution in [0.3, 0.4) is 0 Å². The number of aldehydes is 1. The number of hydrogen-bond acceptors (Lipinski definition) is 1. The standard InChI is InChI=1S/C15H26O/c1-12(2)15(10-9-13(3)11-16)14-7-5-4-6-8-14/h9-15H,4-8H2,1-3H3/b10-9+. The molecule has 1 nitrogen and oxygen atoms in total. The number of hydrogen-bond donors (Lipinski definition) is 0. The molecule has 0 bridgehead atoms. The Kier molecular flexibility index (Phi) is 5.79. The predicted molar refractivity (Wildman–Crippen MR) is 69.3 cm³/mol. The summed E-state index contributed by atoms with van der Waals surface area (Å²) in [7, 11) is 0. The fourth-order valence-corrected chi connectivity index (χ4v) is 2.79. The molecule has 92 valence electrons. The molecule has 0 heterocycles. The van der Waals surface area contributed by atoms with E-state index < -0.39 is 0 Å². The molecule has 0 amide bonds. The zero-order valence-electron chi connectivity index (χ0n) is 11.0. The lowest BCUT2D eigenvalue weighted by Gasteiger charge is -2.31. The van der Waals surface area contributed by atoms with Crippen LogP contribution in [-0.2, 0) is 4.79 Å². The second kappa shape index (κ2) is 6.88. The average molecular weight is 222 g/mol. The zero-order valence-corrected chi connectivity index (χ0v) is 11.0. The molecule has 0 aromatic heterocycles. The van der Waals surface area contributed by atoms with E-state index in [2.05, 4.69) is 26.0 Å². The van der Waals surface area contributed by atoms with E-state index in [9.17, 15) is 4.79 Å². The topological polar surface area (TPSA) is 17.1 Å². The summed E-state index contributed by atoms with van der Waals surface area (Å²) in [5.74, 6) is 2.29. The summed E-state index contributed by atoms with van der Waals surface area (Å²) in [6.07, 6.45) is 12.4. The molecule has 0 N–H and O–H groups in total. The summed E-state index contributed by atoms with van der Waals surface area (Å²) in [6, 6.07) is 0. The molecule has 0 radical (unpaired) electrons. The Labute approximate surface area is 100 Å². The highest BCUT2D eigenvalue weighted by Crippen LogP contribution is 2.34. The van der Waals surface area contributed by atoms with E-state index in [4.69, 9.17) is 0 Å². The van der Waals surface area contributed by atoms with E-state index in [0.717, 1.165) is 12.2 Å². The lowest BCUT2D eigenvalue weighted by Crippen LogP contribution is -2.21. The summed E-state index contributed by atoms with van der Waals surface area (Å²) in [6.45, 7) is 6.56. The van der Waals surface area contributed by atoms with Crippen molar-refractivity contribution in [2.45, 2.75) is 52.9 Å². The highest BCUT2D eigenvalue weighted by molar-refractivity contribution is 5.55. The molecular formula is C15H26O. The zero-order chi connectivity index (χ0) is 12.0. The van der Waals surface area contributed by atoms with Gasteiger partial charge in [-0.25, -0.2) is 0 Å². The molecule has 1 aliphatic carbocycles. The summed E-state index contributed by atoms with van der Waals surface area (Å²) < 4.78 is 0. The molecule has 1 fully saturated rings. The van der Waals surface area contributed by atoms with Gasteiger partial charge >= 0.3 is 0 Å². The Bertz CT molecular complexity index is 224. The number of rotatable bonds is 5. The van der Waals surface area contributed by atoms with Crippen molar-refractivity contribution in [3.63, 3.8) is 0 Å². The molecule has 0 aliphatic heterocycles. The molecule has 0 spiro atoms. The third-order valence-electron chi connectivity index (χ3n) is 3.82. The highest BCUT2D eigenvalue weighted by atomic mass is 16.1. The first-order valence-corrected chi connectivity index (χ1v) is 6.78. The van der Waals surface area contributed by atoms with Crippen molar-refractivity contribution in [1.29, 1.82) is 0 Å². The molecule has 1 heteroatoms. The summed E-state index contributed by atoms with van der Waals surface area (Å²) in [5, 5.41) is 0. The minimum absolute atomic E-state index is 0.0739. The van der Waals surface area contributed by atoms with E-state index in [1.54, 1.807) is 0 Å². The Balaban J connectivity index is 2.58. The van der Waals surface area contributed by atoms with Crippen LogP contribution in [0.1, 0.15) is 52.9 Å². The lowest BCUT2D eigenvalue weighted by molar-refractivity contribution is -0.109. The van der Waals surface area contributed by atoms with Gasteiger partial charge in [0.2, 0.25) is 0 Å². The van der Waals surface area contributed by atoms with Crippen LogP contribution in [-0.4, -0.2) is 6.29 Å². The SMILES string of the molecule is CC(C=O)/C=C/C(C(C)C)C1CCCCC1. The highest BCUT2D eigenvalue weighted by Gasteiger charge is 2.23. The number of allylic oxidation sites excluding steroid dienone is 2. The van der Waals surface area contributed by atoms with Crippen LogP contribution in [0.5, 0.6) is 0 Å². The maximum Gasteiger partial charge on any atom is 0.126 e. The van der Waals surface area contributed by atoms with Gasteiger partial charge in [0, 0.05) is 5.92 Å². The minimum atomic E-state index is 0.0739. The van der Waals surface area contributed by atoms with Crippen molar-refractivity contribution in [2.24, 2.45) is 23.7 Å². The monoisotopic (exact) mass is 222 g/mol. The van der Waals surface area contributed by atoms with Crippen molar-refractivity contribution in [3.05, 3.63) is 12.2 Å². The number of carbonyl (C=O) groups is 1. The second-order valence-corrected chi connectivity index (χ2v) is 5.60. The number of carbonyl (C=O) groups excluding carboxylic acids is 1. The Hall–Kier alpha value is -0.590. The molecular weight excluding hydrogens is 196 g/mol. The molecule has 0 aromatic rings. The quantitative estimate of drug-likeness (QED) is 0.502. The first-order chi connectivity index (χ1) is 7.65. The fourth-order valence-electron chi connectivity index (χ4n) is 2.79. The molecule has 0 aromatic carbocycles. The summed E-state index contributed by atoms with van der Waals surface area (Å²) in [5.41, 5.74) is 0. The molecule has 2 unspecified atom stereocenters. The summed E-state index contributed by atoms with van der Waals surface area (Å²) >= 11 is 0. The van der Waals surface area contributed by atoms with E-state index in [1.165, 1.54) is 32.1 Å². The molecule has 16 heavy (non-hydrogen) atoms. The fraction of sp³-hybridized carbons (Fsp3) is 0.800. The summed E-state index contributed by atoms with van der Waals surface area (Å²) in [4.78, 5) is 10.6. The van der Waals surface area contributed by atoms with Gasteiger partial charge in [-0.1, -0.05) is 52.2 Å². The smallest absolute Gasteiger partial charge is 0.126 e. The van der Waals surface area contributed by atoms with E-state index in [-0.39, 0.29) is 5.92 Å². The average Bonchev–Trinajstić information content (AvgIpc) is 2.30. The largest absolute Gasteiger partial charge is 0.303 e. The minimum Gasteiger partial charge on any atom is -0.303 e. The van der Waals surface area contributed by atoms with Crippen molar-refractivity contribution < 1.29 is 4.79 Å². The van der Waals surface area contributed by atoms with E-state index in [1.807, 2.05) is 6.92 Å². The van der Waals surface area contributed by atoms with Gasteiger partial charge in [0.15, 0.2) is 0 Å². The second-order valence-electron chi connectivity index (χ2n) is 5.60. The first kappa shape index (κ1) is 13.5. The van der Waals surface area contributed by atoms with Crippen molar-refractivity contribution >= 4 is 6.29 Å². The van der Waals surface area contributed by atoms with Crippen LogP contribution in [0.25, 0.3) is 0 Å². The normalized spacial score (nSPS) is 22.5. The van der Waals surface area contributed by atoms with Crippen LogP contribution in [0.2, 0.25) is 0 Å². The maximum atomic E-state index is 10.6. The van der Waals surface area contributed by atoms with Gasteiger partial charge in [-0.3, -0.25) is 0 Å². The van der Waals surface area contributed by atoms with Gasteiger partial charge in [0.05, 0.1) is 0 Å². The van der Waals surface area contributed by atoms with Crippen LogP contribution in [0.15, 0.2) is 12.2 Å². The Morgan fingerprint density at radius 3 is 2.12 bits per heavy atom. The van der Waals surface area contributed by atoms with Crippen molar-refractivity contribution in [3.8, 4) is 0 Å². The van der Waals surface area contributed by atoms with Gasteiger partial charge in [-0.2, -0.15) is 0 Å². The Morgan fingerprint density at radius 1 is 1.00 bits per heavy atom. The van der Waals surface area contributed by atoms with Gasteiger partial charge < -0.3 is 4.79 Å². The van der Waals surface area contributed by atoms with Crippen LogP contribution in [0.4, 0.5) is 0 Å². The lowest BCUT2D eigenvalue weighted by atomic mass is 9.75. The predicted octanol–water partition coefficient (Wildman–Crippen LogP) is 4.23. The first-order valence-electron chi connectivity index (χ1n) is 6.78. The van der Waals surface area contributed by atoms with E-state index >= 15 is 0 Å². The third-order valence-corrected chi connectivity index (χ3v) is 3.82.